The predicted octanol–water partition coefficient (Wildman–Crippen LogP) is 2.79. The standard InChI is InChI=1S/C12H7FN2OS/c13-9-6-14-12(16)15-10(9)8-3-1-2-7-4-5-17-11(7)8/h1-6H,(H,14,15,16). The molecule has 0 saturated carbocycles. The summed E-state index contributed by atoms with van der Waals surface area (Å²) in [6.45, 7) is 0. The first-order valence-electron chi connectivity index (χ1n) is 4.97. The summed E-state index contributed by atoms with van der Waals surface area (Å²) in [7, 11) is 0. The number of benzene rings is 1. The number of aromatic nitrogens is 2. The van der Waals surface area contributed by atoms with Crippen molar-refractivity contribution >= 4 is 21.4 Å². The first-order chi connectivity index (χ1) is 8.25. The van der Waals surface area contributed by atoms with Crippen molar-refractivity contribution in [2.24, 2.45) is 0 Å². The van der Waals surface area contributed by atoms with E-state index in [4.69, 9.17) is 0 Å². The van der Waals surface area contributed by atoms with Gasteiger partial charge >= 0.3 is 5.69 Å². The summed E-state index contributed by atoms with van der Waals surface area (Å²) in [5.74, 6) is -0.523. The molecular formula is C12H7FN2OS. The van der Waals surface area contributed by atoms with Crippen molar-refractivity contribution in [2.75, 3.05) is 0 Å². The van der Waals surface area contributed by atoms with Gasteiger partial charge in [0.1, 0.15) is 0 Å². The Morgan fingerprint density at radius 2 is 2.18 bits per heavy atom. The second kappa shape index (κ2) is 3.78. The molecular weight excluding hydrogens is 239 g/mol. The molecule has 2 heterocycles. The first kappa shape index (κ1) is 10.2. The van der Waals surface area contributed by atoms with Gasteiger partial charge < -0.3 is 4.98 Å². The Kier molecular flexibility index (Phi) is 2.26. The minimum Gasteiger partial charge on any atom is -0.303 e. The van der Waals surface area contributed by atoms with Crippen molar-refractivity contribution in [3.05, 3.63) is 52.1 Å². The minimum atomic E-state index is -0.546. The molecule has 0 spiro atoms. The molecule has 0 unspecified atom stereocenters. The Labute approximate surface area is 99.6 Å². The number of nitrogens with zero attached hydrogens (tertiary/aromatic N) is 1. The molecule has 1 aromatic carbocycles. The molecule has 0 atom stereocenters. The van der Waals surface area contributed by atoms with Gasteiger partial charge in [0, 0.05) is 10.3 Å². The average Bonchev–Trinajstić information content (AvgIpc) is 2.80. The molecule has 3 rings (SSSR count). The van der Waals surface area contributed by atoms with Crippen LogP contribution in [0.3, 0.4) is 0 Å². The number of hydrogen-bond acceptors (Lipinski definition) is 3. The normalized spacial score (nSPS) is 10.9. The van der Waals surface area contributed by atoms with Gasteiger partial charge in [-0.3, -0.25) is 0 Å². The molecule has 0 amide bonds. The Hall–Kier alpha value is -2.01. The predicted molar refractivity (Wildman–Crippen MR) is 65.6 cm³/mol. The molecule has 17 heavy (non-hydrogen) atoms. The van der Waals surface area contributed by atoms with E-state index in [2.05, 4.69) is 9.97 Å². The molecule has 84 valence electrons. The summed E-state index contributed by atoms with van der Waals surface area (Å²) in [6.07, 6.45) is 0.945. The number of halogens is 1. The molecule has 0 aliphatic rings. The van der Waals surface area contributed by atoms with Gasteiger partial charge in [0.25, 0.3) is 0 Å². The van der Waals surface area contributed by atoms with Crippen LogP contribution < -0.4 is 5.69 Å². The zero-order valence-corrected chi connectivity index (χ0v) is 9.42. The molecule has 0 aliphatic heterocycles. The van der Waals surface area contributed by atoms with Crippen molar-refractivity contribution < 1.29 is 4.39 Å². The highest BCUT2D eigenvalue weighted by Gasteiger charge is 2.10. The maximum atomic E-state index is 13.7. The van der Waals surface area contributed by atoms with Crippen LogP contribution in [0.5, 0.6) is 0 Å². The van der Waals surface area contributed by atoms with Gasteiger partial charge in [-0.15, -0.1) is 11.3 Å². The monoisotopic (exact) mass is 246 g/mol. The summed E-state index contributed by atoms with van der Waals surface area (Å²) in [5.41, 5.74) is 0.336. The molecule has 0 saturated heterocycles. The summed E-state index contributed by atoms with van der Waals surface area (Å²) < 4.78 is 14.6. The third-order valence-corrected chi connectivity index (χ3v) is 3.48. The van der Waals surface area contributed by atoms with Crippen molar-refractivity contribution in [3.63, 3.8) is 0 Å². The van der Waals surface area contributed by atoms with Crippen LogP contribution >= 0.6 is 11.3 Å². The lowest BCUT2D eigenvalue weighted by atomic mass is 10.1. The van der Waals surface area contributed by atoms with E-state index in [1.807, 2.05) is 23.6 Å². The SMILES string of the molecule is O=c1ncc(F)c(-c2cccc3ccsc23)[nH]1. The van der Waals surface area contributed by atoms with Gasteiger partial charge in [0.2, 0.25) is 0 Å². The Bertz CT molecular complexity index is 747. The third-order valence-electron chi connectivity index (χ3n) is 2.51. The largest absolute Gasteiger partial charge is 0.345 e. The van der Waals surface area contributed by atoms with E-state index >= 15 is 0 Å². The fourth-order valence-electron chi connectivity index (χ4n) is 1.76. The molecule has 2 aromatic heterocycles. The quantitative estimate of drug-likeness (QED) is 0.717. The zero-order chi connectivity index (χ0) is 11.8. The van der Waals surface area contributed by atoms with Gasteiger partial charge in [0.15, 0.2) is 5.82 Å². The third kappa shape index (κ3) is 1.64. The van der Waals surface area contributed by atoms with Crippen LogP contribution in [-0.2, 0) is 0 Å². The number of hydrogen-bond donors (Lipinski definition) is 1. The number of aromatic amines is 1. The van der Waals surface area contributed by atoms with Crippen LogP contribution in [-0.4, -0.2) is 9.97 Å². The summed E-state index contributed by atoms with van der Waals surface area (Å²) in [6, 6.07) is 7.53. The van der Waals surface area contributed by atoms with Crippen molar-refractivity contribution in [3.8, 4) is 11.3 Å². The molecule has 3 aromatic rings. The van der Waals surface area contributed by atoms with Crippen molar-refractivity contribution in [2.45, 2.75) is 0 Å². The summed E-state index contributed by atoms with van der Waals surface area (Å²) >= 11 is 1.51. The van der Waals surface area contributed by atoms with Crippen LogP contribution in [0.2, 0.25) is 0 Å². The van der Waals surface area contributed by atoms with E-state index in [9.17, 15) is 9.18 Å². The maximum absolute atomic E-state index is 13.7. The van der Waals surface area contributed by atoms with Gasteiger partial charge in [0.05, 0.1) is 11.9 Å². The zero-order valence-electron chi connectivity index (χ0n) is 8.61. The van der Waals surface area contributed by atoms with Crippen LogP contribution in [0.4, 0.5) is 4.39 Å². The van der Waals surface area contributed by atoms with E-state index in [1.54, 1.807) is 6.07 Å². The highest BCUT2D eigenvalue weighted by molar-refractivity contribution is 7.17. The number of thiophene rings is 1. The second-order valence-electron chi connectivity index (χ2n) is 3.56. The fourth-order valence-corrected chi connectivity index (χ4v) is 2.68. The topological polar surface area (TPSA) is 45.8 Å². The summed E-state index contributed by atoms with van der Waals surface area (Å²) in [5, 5.41) is 2.97. The van der Waals surface area contributed by atoms with Gasteiger partial charge in [-0.2, -0.15) is 4.98 Å². The maximum Gasteiger partial charge on any atom is 0.345 e. The van der Waals surface area contributed by atoms with Crippen LogP contribution in [0.1, 0.15) is 0 Å². The van der Waals surface area contributed by atoms with E-state index < -0.39 is 11.5 Å². The molecule has 5 heteroatoms. The minimum absolute atomic E-state index is 0.193. The lowest BCUT2D eigenvalue weighted by molar-refractivity contribution is 0.615. The van der Waals surface area contributed by atoms with Crippen LogP contribution in [0, 0.1) is 5.82 Å². The number of H-pyrrole nitrogens is 1. The number of rotatable bonds is 1. The van der Waals surface area contributed by atoms with Crippen LogP contribution in [0.15, 0.2) is 40.6 Å². The lowest BCUT2D eigenvalue weighted by Crippen LogP contribution is -2.11. The molecule has 0 radical (unpaired) electrons. The molecule has 0 bridgehead atoms. The highest BCUT2D eigenvalue weighted by atomic mass is 32.1. The lowest BCUT2D eigenvalue weighted by Gasteiger charge is -2.03. The second-order valence-corrected chi connectivity index (χ2v) is 4.47. The highest BCUT2D eigenvalue weighted by Crippen LogP contribution is 2.31. The smallest absolute Gasteiger partial charge is 0.303 e. The van der Waals surface area contributed by atoms with Crippen LogP contribution in [0.25, 0.3) is 21.3 Å². The molecule has 1 N–H and O–H groups in total. The molecule has 3 nitrogen and oxygen atoms in total. The first-order valence-corrected chi connectivity index (χ1v) is 5.85. The Balaban J connectivity index is 2.37. The Morgan fingerprint density at radius 1 is 1.29 bits per heavy atom. The fraction of sp³-hybridized carbons (Fsp3) is 0. The Morgan fingerprint density at radius 3 is 3.06 bits per heavy atom. The summed E-state index contributed by atoms with van der Waals surface area (Å²) in [4.78, 5) is 16.9. The van der Waals surface area contributed by atoms with E-state index in [0.717, 1.165) is 16.3 Å². The number of nitrogens with one attached hydrogen (secondary N) is 1. The van der Waals surface area contributed by atoms with Crippen molar-refractivity contribution in [1.29, 1.82) is 0 Å². The van der Waals surface area contributed by atoms with E-state index in [-0.39, 0.29) is 5.69 Å². The van der Waals surface area contributed by atoms with E-state index in [1.165, 1.54) is 11.3 Å². The van der Waals surface area contributed by atoms with Gasteiger partial charge in [-0.05, 0) is 16.8 Å². The number of fused-ring (bicyclic) bond motifs is 1. The average molecular weight is 246 g/mol. The molecule has 0 aliphatic carbocycles. The van der Waals surface area contributed by atoms with Gasteiger partial charge in [-0.25, -0.2) is 9.18 Å². The molecule has 0 fully saturated rings. The van der Waals surface area contributed by atoms with E-state index in [0.29, 0.717) is 5.56 Å². The van der Waals surface area contributed by atoms with Crippen molar-refractivity contribution in [1.82, 2.24) is 9.97 Å². The van der Waals surface area contributed by atoms with Gasteiger partial charge in [-0.1, -0.05) is 18.2 Å².